The summed E-state index contributed by atoms with van der Waals surface area (Å²) in [7, 11) is 0. The second-order valence-electron chi connectivity index (χ2n) is 3.50. The van der Waals surface area contributed by atoms with E-state index in [4.69, 9.17) is 5.73 Å². The van der Waals surface area contributed by atoms with Gasteiger partial charge in [-0.15, -0.1) is 0 Å². The van der Waals surface area contributed by atoms with Crippen molar-refractivity contribution in [1.29, 1.82) is 0 Å². The Labute approximate surface area is 79.5 Å². The summed E-state index contributed by atoms with van der Waals surface area (Å²) in [5.41, 5.74) is 9.51. The third kappa shape index (κ3) is 2.67. The van der Waals surface area contributed by atoms with Gasteiger partial charge in [-0.05, 0) is 38.0 Å². The lowest BCUT2D eigenvalue weighted by Gasteiger charge is -2.10. The van der Waals surface area contributed by atoms with E-state index in [-0.39, 0.29) is 6.04 Å². The Bertz CT molecular complexity index is 312. The van der Waals surface area contributed by atoms with Crippen molar-refractivity contribution in [3.8, 4) is 0 Å². The van der Waals surface area contributed by atoms with E-state index < -0.39 is 0 Å². The predicted octanol–water partition coefficient (Wildman–Crippen LogP) is 2.36. The van der Waals surface area contributed by atoms with Crippen molar-refractivity contribution >= 4 is 0 Å². The minimum absolute atomic E-state index is 0.0290. The number of aryl methyl sites for hydroxylation is 1. The molecule has 70 valence electrons. The highest BCUT2D eigenvalue weighted by Crippen LogP contribution is 2.15. The van der Waals surface area contributed by atoms with Crippen LogP contribution in [0.5, 0.6) is 0 Å². The molecular weight excluding hydrogens is 160 g/mol. The summed E-state index contributed by atoms with van der Waals surface area (Å²) in [6.07, 6.45) is 5.66. The lowest BCUT2D eigenvalue weighted by molar-refractivity contribution is 0.878. The van der Waals surface area contributed by atoms with Crippen molar-refractivity contribution in [3.63, 3.8) is 0 Å². The average Bonchev–Trinajstić information content (AvgIpc) is 2.03. The van der Waals surface area contributed by atoms with E-state index in [1.165, 1.54) is 11.1 Å². The highest BCUT2D eigenvalue weighted by Gasteiger charge is 2.04. The fraction of sp³-hybridized carbons (Fsp3) is 0.364. The van der Waals surface area contributed by atoms with E-state index in [1.54, 1.807) is 6.20 Å². The second-order valence-corrected chi connectivity index (χ2v) is 3.50. The summed E-state index contributed by atoms with van der Waals surface area (Å²) < 4.78 is 0. The number of nitrogens with zero attached hydrogens (tertiary/aromatic N) is 1. The standard InChI is InChI=1S/C11H16N2/c1-8(2)6-11(12)10-7-13-5-4-9(10)3/h4-7,11H,12H2,1-3H3. The number of nitrogens with two attached hydrogens (primary N) is 1. The van der Waals surface area contributed by atoms with Gasteiger partial charge < -0.3 is 5.73 Å². The molecule has 13 heavy (non-hydrogen) atoms. The van der Waals surface area contributed by atoms with E-state index in [1.807, 2.05) is 32.2 Å². The fourth-order valence-corrected chi connectivity index (χ4v) is 1.27. The quantitative estimate of drug-likeness (QED) is 0.702. The van der Waals surface area contributed by atoms with E-state index in [9.17, 15) is 0 Å². The van der Waals surface area contributed by atoms with Crippen LogP contribution in [0.2, 0.25) is 0 Å². The Balaban J connectivity index is 2.95. The van der Waals surface area contributed by atoms with Gasteiger partial charge in [-0.1, -0.05) is 11.6 Å². The van der Waals surface area contributed by atoms with Crippen molar-refractivity contribution in [2.24, 2.45) is 5.73 Å². The monoisotopic (exact) mass is 176 g/mol. The lowest BCUT2D eigenvalue weighted by Crippen LogP contribution is -2.09. The molecule has 0 aliphatic rings. The molecule has 0 aliphatic heterocycles. The summed E-state index contributed by atoms with van der Waals surface area (Å²) in [5, 5.41) is 0. The third-order valence-electron chi connectivity index (χ3n) is 1.95. The van der Waals surface area contributed by atoms with Crippen molar-refractivity contribution in [3.05, 3.63) is 41.2 Å². The molecule has 2 heteroatoms. The Morgan fingerprint density at radius 1 is 1.54 bits per heavy atom. The molecule has 1 aromatic rings. The van der Waals surface area contributed by atoms with E-state index in [0.717, 1.165) is 5.56 Å². The molecule has 0 fully saturated rings. The number of aromatic nitrogens is 1. The van der Waals surface area contributed by atoms with Crippen LogP contribution in [0.15, 0.2) is 30.1 Å². The van der Waals surface area contributed by atoms with Crippen molar-refractivity contribution in [2.75, 3.05) is 0 Å². The molecule has 0 saturated heterocycles. The van der Waals surface area contributed by atoms with Crippen LogP contribution in [0.3, 0.4) is 0 Å². The van der Waals surface area contributed by atoms with Crippen LogP contribution in [0.4, 0.5) is 0 Å². The molecule has 0 aromatic carbocycles. The van der Waals surface area contributed by atoms with Gasteiger partial charge >= 0.3 is 0 Å². The first-order valence-corrected chi connectivity index (χ1v) is 4.42. The number of rotatable bonds is 2. The van der Waals surface area contributed by atoms with Crippen LogP contribution >= 0.6 is 0 Å². The van der Waals surface area contributed by atoms with Gasteiger partial charge in [0, 0.05) is 12.4 Å². The smallest absolute Gasteiger partial charge is 0.0501 e. The van der Waals surface area contributed by atoms with Crippen LogP contribution in [0.25, 0.3) is 0 Å². The largest absolute Gasteiger partial charge is 0.321 e. The molecule has 1 heterocycles. The summed E-state index contributed by atoms with van der Waals surface area (Å²) in [4.78, 5) is 4.06. The maximum absolute atomic E-state index is 5.98. The van der Waals surface area contributed by atoms with E-state index >= 15 is 0 Å². The molecule has 2 N–H and O–H groups in total. The minimum Gasteiger partial charge on any atom is -0.321 e. The fourth-order valence-electron chi connectivity index (χ4n) is 1.27. The number of allylic oxidation sites excluding steroid dienone is 1. The van der Waals surface area contributed by atoms with Crippen molar-refractivity contribution < 1.29 is 0 Å². The summed E-state index contributed by atoms with van der Waals surface area (Å²) in [5.74, 6) is 0. The third-order valence-corrected chi connectivity index (χ3v) is 1.95. The molecule has 1 unspecified atom stereocenters. The molecule has 2 nitrogen and oxygen atoms in total. The van der Waals surface area contributed by atoms with Crippen LogP contribution in [0, 0.1) is 6.92 Å². The maximum atomic E-state index is 5.98. The normalized spacial score (nSPS) is 12.3. The van der Waals surface area contributed by atoms with Gasteiger partial charge in [-0.25, -0.2) is 0 Å². The summed E-state index contributed by atoms with van der Waals surface area (Å²) >= 11 is 0. The Kier molecular flexibility index (Phi) is 3.20. The van der Waals surface area contributed by atoms with Crippen molar-refractivity contribution in [2.45, 2.75) is 26.8 Å². The molecule has 1 atom stereocenters. The molecule has 0 spiro atoms. The number of pyridine rings is 1. The first-order chi connectivity index (χ1) is 6.11. The average molecular weight is 176 g/mol. The summed E-state index contributed by atoms with van der Waals surface area (Å²) in [6.45, 7) is 6.15. The van der Waals surface area contributed by atoms with Gasteiger partial charge in [0.2, 0.25) is 0 Å². The van der Waals surface area contributed by atoms with E-state index in [2.05, 4.69) is 11.9 Å². The van der Waals surface area contributed by atoms with Crippen LogP contribution < -0.4 is 5.73 Å². The molecule has 1 aromatic heterocycles. The minimum atomic E-state index is -0.0290. The first kappa shape index (κ1) is 9.93. The van der Waals surface area contributed by atoms with Gasteiger partial charge in [0.15, 0.2) is 0 Å². The van der Waals surface area contributed by atoms with Gasteiger partial charge in [-0.2, -0.15) is 0 Å². The van der Waals surface area contributed by atoms with Gasteiger partial charge in [0.05, 0.1) is 6.04 Å². The molecule has 1 rings (SSSR count). The molecule has 0 amide bonds. The molecule has 0 radical (unpaired) electrons. The zero-order valence-corrected chi connectivity index (χ0v) is 8.41. The zero-order valence-electron chi connectivity index (χ0n) is 8.41. The topological polar surface area (TPSA) is 38.9 Å². The van der Waals surface area contributed by atoms with Crippen LogP contribution in [-0.4, -0.2) is 4.98 Å². The van der Waals surface area contributed by atoms with Gasteiger partial charge in [-0.3, -0.25) is 4.98 Å². The Morgan fingerprint density at radius 3 is 2.77 bits per heavy atom. The molecular formula is C11H16N2. The number of hydrogen-bond acceptors (Lipinski definition) is 2. The van der Waals surface area contributed by atoms with Crippen molar-refractivity contribution in [1.82, 2.24) is 4.98 Å². The predicted molar refractivity (Wildman–Crippen MR) is 55.3 cm³/mol. The zero-order chi connectivity index (χ0) is 9.84. The lowest BCUT2D eigenvalue weighted by atomic mass is 10.0. The first-order valence-electron chi connectivity index (χ1n) is 4.42. The highest BCUT2D eigenvalue weighted by molar-refractivity contribution is 5.28. The summed E-state index contributed by atoms with van der Waals surface area (Å²) in [6, 6.07) is 1.95. The Hall–Kier alpha value is -1.15. The molecule has 0 saturated carbocycles. The second kappa shape index (κ2) is 4.19. The van der Waals surface area contributed by atoms with Gasteiger partial charge in [0.1, 0.15) is 0 Å². The molecule has 0 bridgehead atoms. The van der Waals surface area contributed by atoms with E-state index in [0.29, 0.717) is 0 Å². The molecule has 0 aliphatic carbocycles. The number of hydrogen-bond donors (Lipinski definition) is 1. The van der Waals surface area contributed by atoms with Crippen LogP contribution in [-0.2, 0) is 0 Å². The SMILES string of the molecule is CC(C)=CC(N)c1cnccc1C. The maximum Gasteiger partial charge on any atom is 0.0501 e. The Morgan fingerprint density at radius 2 is 2.23 bits per heavy atom. The van der Waals surface area contributed by atoms with Crippen LogP contribution in [0.1, 0.15) is 31.0 Å². The highest BCUT2D eigenvalue weighted by atomic mass is 14.7. The van der Waals surface area contributed by atoms with Gasteiger partial charge in [0.25, 0.3) is 0 Å².